The van der Waals surface area contributed by atoms with Gasteiger partial charge in [0.2, 0.25) is 0 Å². The predicted octanol–water partition coefficient (Wildman–Crippen LogP) is 2.52. The van der Waals surface area contributed by atoms with Crippen molar-refractivity contribution in [3.05, 3.63) is 52.5 Å². The summed E-state index contributed by atoms with van der Waals surface area (Å²) in [6.07, 6.45) is 0. The van der Waals surface area contributed by atoms with Crippen LogP contribution in [-0.2, 0) is 0 Å². The van der Waals surface area contributed by atoms with E-state index in [-0.39, 0.29) is 16.7 Å². The Bertz CT molecular complexity index is 586. The molecule has 1 aromatic heterocycles. The van der Waals surface area contributed by atoms with Crippen LogP contribution < -0.4 is 16.2 Å². The number of anilines is 1. The van der Waals surface area contributed by atoms with Crippen molar-refractivity contribution in [1.29, 1.82) is 0 Å². The number of halogens is 1. The van der Waals surface area contributed by atoms with Crippen LogP contribution in [0.15, 0.2) is 41.8 Å². The number of thiophene rings is 1. The number of hydrogen-bond acceptors (Lipinski definition) is 3. The van der Waals surface area contributed by atoms with Gasteiger partial charge in [-0.3, -0.25) is 15.6 Å². The van der Waals surface area contributed by atoms with Crippen LogP contribution in [0.4, 0.5) is 10.1 Å². The smallest absolute Gasteiger partial charge is 0.279 e. The maximum atomic E-state index is 13.3. The zero-order chi connectivity index (χ0) is 13.7. The van der Waals surface area contributed by atoms with E-state index in [1.807, 2.05) is 0 Å². The summed E-state index contributed by atoms with van der Waals surface area (Å²) in [4.78, 5) is 12.2. The Morgan fingerprint density at radius 2 is 1.95 bits per heavy atom. The molecule has 1 amide bonds. The molecular weight excluding hydrogens is 285 g/mol. The molecular formula is C12H10FN3OS2. The molecule has 0 bridgehead atoms. The summed E-state index contributed by atoms with van der Waals surface area (Å²) in [7, 11) is 0. The first-order valence-corrected chi connectivity index (χ1v) is 6.61. The maximum Gasteiger partial charge on any atom is 0.279 e. The molecule has 0 saturated carbocycles. The van der Waals surface area contributed by atoms with Gasteiger partial charge in [-0.1, -0.05) is 18.2 Å². The monoisotopic (exact) mass is 295 g/mol. The van der Waals surface area contributed by atoms with Gasteiger partial charge in [0.05, 0.1) is 10.6 Å². The molecule has 3 N–H and O–H groups in total. The summed E-state index contributed by atoms with van der Waals surface area (Å²) in [6.45, 7) is 0. The highest BCUT2D eigenvalue weighted by Crippen LogP contribution is 2.11. The lowest BCUT2D eigenvalue weighted by Crippen LogP contribution is -2.43. The fourth-order valence-electron chi connectivity index (χ4n) is 1.30. The van der Waals surface area contributed by atoms with E-state index < -0.39 is 5.82 Å². The van der Waals surface area contributed by atoms with Crippen molar-refractivity contribution in [2.24, 2.45) is 0 Å². The lowest BCUT2D eigenvalue weighted by Gasteiger charge is -2.11. The fraction of sp³-hybridized carbons (Fsp3) is 0. The van der Waals surface area contributed by atoms with E-state index >= 15 is 0 Å². The molecule has 0 aliphatic carbocycles. The third-order valence-electron chi connectivity index (χ3n) is 2.16. The van der Waals surface area contributed by atoms with E-state index in [1.54, 1.807) is 35.7 Å². The predicted molar refractivity (Wildman–Crippen MR) is 77.5 cm³/mol. The normalized spacial score (nSPS) is 9.74. The number of benzene rings is 1. The standard InChI is InChI=1S/C12H10FN3OS2/c13-8-4-1-2-5-9(8)14-12(18)16-15-11(17)10-6-3-7-19-10/h1-7H,(H,15,17)(H2,14,16,18). The summed E-state index contributed by atoms with van der Waals surface area (Å²) >= 11 is 6.26. The Hall–Kier alpha value is -1.99. The van der Waals surface area contributed by atoms with Crippen molar-refractivity contribution >= 4 is 40.3 Å². The molecule has 7 heteroatoms. The van der Waals surface area contributed by atoms with Gasteiger partial charge in [0.25, 0.3) is 5.91 Å². The Balaban J connectivity index is 1.86. The summed E-state index contributed by atoms with van der Waals surface area (Å²) in [5.74, 6) is -0.719. The van der Waals surface area contributed by atoms with Crippen LogP contribution in [0, 0.1) is 5.82 Å². The first kappa shape index (κ1) is 13.4. The number of thiocarbonyl (C=S) groups is 1. The molecule has 98 valence electrons. The number of para-hydroxylation sites is 1. The third-order valence-corrected chi connectivity index (χ3v) is 3.23. The van der Waals surface area contributed by atoms with Crippen LogP contribution in [0.25, 0.3) is 0 Å². The Morgan fingerprint density at radius 1 is 1.16 bits per heavy atom. The van der Waals surface area contributed by atoms with Crippen LogP contribution in [0.1, 0.15) is 9.67 Å². The number of hydrogen-bond donors (Lipinski definition) is 3. The van der Waals surface area contributed by atoms with E-state index in [2.05, 4.69) is 16.2 Å². The second kappa shape index (κ2) is 6.26. The zero-order valence-electron chi connectivity index (χ0n) is 9.64. The largest absolute Gasteiger partial charge is 0.329 e. The van der Waals surface area contributed by atoms with Gasteiger partial charge in [0, 0.05) is 0 Å². The van der Waals surface area contributed by atoms with Gasteiger partial charge in [-0.25, -0.2) is 4.39 Å². The number of rotatable bonds is 2. The number of carbonyl (C=O) groups is 1. The molecule has 4 nitrogen and oxygen atoms in total. The van der Waals surface area contributed by atoms with E-state index in [0.717, 1.165) is 0 Å². The number of hydrazine groups is 1. The molecule has 0 fully saturated rings. The second-order valence-corrected chi connectivity index (χ2v) is 4.85. The molecule has 2 rings (SSSR count). The highest BCUT2D eigenvalue weighted by Gasteiger charge is 2.07. The molecule has 0 saturated heterocycles. The molecule has 19 heavy (non-hydrogen) atoms. The molecule has 0 radical (unpaired) electrons. The summed E-state index contributed by atoms with van der Waals surface area (Å²) in [5, 5.41) is 4.55. The molecule has 0 atom stereocenters. The second-order valence-electron chi connectivity index (χ2n) is 3.49. The van der Waals surface area contributed by atoms with E-state index in [0.29, 0.717) is 4.88 Å². The quantitative estimate of drug-likeness (QED) is 0.588. The molecule has 0 aliphatic heterocycles. The summed E-state index contributed by atoms with van der Waals surface area (Å²) in [6, 6.07) is 9.58. The molecule has 1 aromatic carbocycles. The fourth-order valence-corrected chi connectivity index (χ4v) is 2.08. The minimum absolute atomic E-state index is 0.106. The van der Waals surface area contributed by atoms with Gasteiger partial charge in [0.15, 0.2) is 5.11 Å². The molecule has 0 spiro atoms. The SMILES string of the molecule is O=C(NNC(=S)Nc1ccccc1F)c1cccs1. The molecule has 0 aliphatic rings. The van der Waals surface area contributed by atoms with Crippen LogP contribution in [0.2, 0.25) is 0 Å². The molecule has 0 unspecified atom stereocenters. The summed E-state index contributed by atoms with van der Waals surface area (Å²) in [5.41, 5.74) is 5.17. The van der Waals surface area contributed by atoms with Gasteiger partial charge in [-0.2, -0.15) is 0 Å². The van der Waals surface area contributed by atoms with Crippen molar-refractivity contribution in [1.82, 2.24) is 10.9 Å². The third kappa shape index (κ3) is 3.73. The van der Waals surface area contributed by atoms with Crippen LogP contribution in [-0.4, -0.2) is 11.0 Å². The highest BCUT2D eigenvalue weighted by atomic mass is 32.1. The van der Waals surface area contributed by atoms with Crippen molar-refractivity contribution in [2.45, 2.75) is 0 Å². The lowest BCUT2D eigenvalue weighted by atomic mass is 10.3. The molecule has 1 heterocycles. The van der Waals surface area contributed by atoms with Crippen molar-refractivity contribution < 1.29 is 9.18 Å². The van der Waals surface area contributed by atoms with E-state index in [9.17, 15) is 9.18 Å². The molecule has 2 aromatic rings. The zero-order valence-corrected chi connectivity index (χ0v) is 11.3. The Kier molecular flexibility index (Phi) is 4.43. The van der Waals surface area contributed by atoms with Crippen LogP contribution in [0.3, 0.4) is 0 Å². The number of nitrogens with one attached hydrogen (secondary N) is 3. The lowest BCUT2D eigenvalue weighted by molar-refractivity contribution is 0.0948. The minimum Gasteiger partial charge on any atom is -0.329 e. The van der Waals surface area contributed by atoms with E-state index in [1.165, 1.54) is 17.4 Å². The van der Waals surface area contributed by atoms with Crippen molar-refractivity contribution in [2.75, 3.05) is 5.32 Å². The van der Waals surface area contributed by atoms with Crippen LogP contribution >= 0.6 is 23.6 Å². The van der Waals surface area contributed by atoms with Gasteiger partial charge in [-0.15, -0.1) is 11.3 Å². The highest BCUT2D eigenvalue weighted by molar-refractivity contribution is 7.80. The Morgan fingerprint density at radius 3 is 2.63 bits per heavy atom. The van der Waals surface area contributed by atoms with Gasteiger partial charge in [-0.05, 0) is 35.8 Å². The van der Waals surface area contributed by atoms with Crippen LogP contribution in [0.5, 0.6) is 0 Å². The van der Waals surface area contributed by atoms with Gasteiger partial charge in [0.1, 0.15) is 5.82 Å². The van der Waals surface area contributed by atoms with Crippen molar-refractivity contribution in [3.8, 4) is 0 Å². The number of amides is 1. The maximum absolute atomic E-state index is 13.3. The average molecular weight is 295 g/mol. The first-order valence-electron chi connectivity index (χ1n) is 5.32. The number of carbonyl (C=O) groups excluding carboxylic acids is 1. The topological polar surface area (TPSA) is 53.2 Å². The summed E-state index contributed by atoms with van der Waals surface area (Å²) < 4.78 is 13.3. The van der Waals surface area contributed by atoms with Crippen molar-refractivity contribution in [3.63, 3.8) is 0 Å². The Labute approximate surface area is 118 Å². The van der Waals surface area contributed by atoms with Gasteiger partial charge >= 0.3 is 0 Å². The van der Waals surface area contributed by atoms with E-state index in [4.69, 9.17) is 12.2 Å². The first-order chi connectivity index (χ1) is 9.16. The van der Waals surface area contributed by atoms with Gasteiger partial charge < -0.3 is 5.32 Å². The minimum atomic E-state index is -0.420. The average Bonchev–Trinajstić information content (AvgIpc) is 2.93.